The summed E-state index contributed by atoms with van der Waals surface area (Å²) in [5.41, 5.74) is 3.48. The second kappa shape index (κ2) is 7.68. The van der Waals surface area contributed by atoms with Gasteiger partial charge in [-0.2, -0.15) is 0 Å². The molecule has 6 nitrogen and oxygen atoms in total. The average Bonchev–Trinajstić information content (AvgIpc) is 3.34. The maximum Gasteiger partial charge on any atom is 0.339 e. The number of benzene rings is 2. The zero-order chi connectivity index (χ0) is 19.5. The van der Waals surface area contributed by atoms with Crippen LogP contribution in [-0.4, -0.2) is 17.0 Å². The van der Waals surface area contributed by atoms with Crippen LogP contribution < -0.4 is 5.32 Å². The molecule has 28 heavy (non-hydrogen) atoms. The first-order chi connectivity index (χ1) is 13.6. The Morgan fingerprint density at radius 2 is 1.86 bits per heavy atom. The minimum absolute atomic E-state index is 0.275. The SMILES string of the molecule is Cc1cc(NC(=O)C(OC(=O)c2ccc3c(c2)CCC3)c2ccccc2)no1. The molecule has 2 aromatic carbocycles. The van der Waals surface area contributed by atoms with Gasteiger partial charge in [0.1, 0.15) is 5.76 Å². The zero-order valence-electron chi connectivity index (χ0n) is 15.5. The summed E-state index contributed by atoms with van der Waals surface area (Å²) in [5.74, 6) is -0.178. The predicted molar refractivity (Wildman–Crippen MR) is 103 cm³/mol. The molecule has 3 aromatic rings. The molecule has 0 aliphatic heterocycles. The van der Waals surface area contributed by atoms with Gasteiger partial charge in [0, 0.05) is 11.6 Å². The van der Waals surface area contributed by atoms with Crippen LogP contribution in [0, 0.1) is 6.92 Å². The standard InChI is InChI=1S/C22H20N2O4/c1-14-12-19(24-28-14)23-21(25)20(16-6-3-2-4-7-16)27-22(26)18-11-10-15-8-5-9-17(15)13-18/h2-4,6-7,10-13,20H,5,8-9H2,1H3,(H,23,24,25). The van der Waals surface area contributed by atoms with Crippen molar-refractivity contribution in [3.8, 4) is 0 Å². The van der Waals surface area contributed by atoms with E-state index in [1.807, 2.05) is 18.2 Å². The molecule has 0 bridgehead atoms. The van der Waals surface area contributed by atoms with Gasteiger partial charge < -0.3 is 14.6 Å². The number of nitrogens with zero attached hydrogens (tertiary/aromatic N) is 1. The number of esters is 1. The highest BCUT2D eigenvalue weighted by atomic mass is 16.5. The third kappa shape index (κ3) is 3.81. The number of anilines is 1. The molecule has 0 fully saturated rings. The van der Waals surface area contributed by atoms with E-state index < -0.39 is 18.0 Å². The molecule has 1 atom stereocenters. The van der Waals surface area contributed by atoms with Crippen molar-refractivity contribution in [2.24, 2.45) is 0 Å². The van der Waals surface area contributed by atoms with Crippen molar-refractivity contribution in [2.75, 3.05) is 5.32 Å². The number of aryl methyl sites for hydroxylation is 3. The molecule has 1 aliphatic carbocycles. The molecule has 1 unspecified atom stereocenters. The molecule has 1 aliphatic rings. The highest BCUT2D eigenvalue weighted by Gasteiger charge is 2.27. The van der Waals surface area contributed by atoms with Crippen molar-refractivity contribution in [3.05, 3.63) is 82.6 Å². The Bertz CT molecular complexity index is 1010. The molecular formula is C22H20N2O4. The molecule has 6 heteroatoms. The van der Waals surface area contributed by atoms with E-state index in [9.17, 15) is 9.59 Å². The van der Waals surface area contributed by atoms with E-state index in [1.54, 1.807) is 43.3 Å². The number of carbonyl (C=O) groups excluding carboxylic acids is 2. The van der Waals surface area contributed by atoms with Crippen LogP contribution in [0.15, 0.2) is 59.1 Å². The van der Waals surface area contributed by atoms with Gasteiger partial charge in [0.25, 0.3) is 5.91 Å². The molecule has 142 valence electrons. The van der Waals surface area contributed by atoms with Crippen molar-refractivity contribution >= 4 is 17.7 Å². The lowest BCUT2D eigenvalue weighted by molar-refractivity contribution is -0.125. The maximum atomic E-state index is 12.8. The van der Waals surface area contributed by atoms with E-state index in [0.717, 1.165) is 19.3 Å². The second-order valence-corrected chi connectivity index (χ2v) is 6.85. The Labute approximate surface area is 162 Å². The van der Waals surface area contributed by atoms with Gasteiger partial charge in [0.15, 0.2) is 5.82 Å². The van der Waals surface area contributed by atoms with Gasteiger partial charge in [-0.05, 0) is 49.4 Å². The summed E-state index contributed by atoms with van der Waals surface area (Å²) in [6.45, 7) is 1.73. The number of carbonyl (C=O) groups is 2. The summed E-state index contributed by atoms with van der Waals surface area (Å²) in [4.78, 5) is 25.6. The van der Waals surface area contributed by atoms with Gasteiger partial charge in [-0.3, -0.25) is 4.79 Å². The van der Waals surface area contributed by atoms with Crippen LogP contribution >= 0.6 is 0 Å². The van der Waals surface area contributed by atoms with E-state index in [0.29, 0.717) is 16.9 Å². The fourth-order valence-corrected chi connectivity index (χ4v) is 3.39. The number of fused-ring (bicyclic) bond motifs is 1. The number of amides is 1. The van der Waals surface area contributed by atoms with Crippen molar-refractivity contribution in [1.29, 1.82) is 0 Å². The largest absolute Gasteiger partial charge is 0.444 e. The Kier molecular flexibility index (Phi) is 4.93. The Hall–Kier alpha value is -3.41. The van der Waals surface area contributed by atoms with Crippen molar-refractivity contribution < 1.29 is 18.8 Å². The van der Waals surface area contributed by atoms with Crippen LogP contribution in [0.3, 0.4) is 0 Å². The lowest BCUT2D eigenvalue weighted by Gasteiger charge is -2.17. The quantitative estimate of drug-likeness (QED) is 0.681. The topological polar surface area (TPSA) is 81.4 Å². The number of rotatable bonds is 5. The fraction of sp³-hybridized carbons (Fsp3) is 0.227. The van der Waals surface area contributed by atoms with Crippen LogP contribution in [0.4, 0.5) is 5.82 Å². The molecule has 0 spiro atoms. The van der Waals surface area contributed by atoms with Gasteiger partial charge >= 0.3 is 5.97 Å². The van der Waals surface area contributed by atoms with E-state index in [1.165, 1.54) is 11.1 Å². The smallest absolute Gasteiger partial charge is 0.339 e. The van der Waals surface area contributed by atoms with E-state index in [4.69, 9.17) is 9.26 Å². The van der Waals surface area contributed by atoms with Crippen molar-refractivity contribution in [1.82, 2.24) is 5.16 Å². The first-order valence-corrected chi connectivity index (χ1v) is 9.22. The third-order valence-electron chi connectivity index (χ3n) is 4.78. The zero-order valence-corrected chi connectivity index (χ0v) is 15.5. The van der Waals surface area contributed by atoms with E-state index >= 15 is 0 Å². The summed E-state index contributed by atoms with van der Waals surface area (Å²) in [6.07, 6.45) is 2.00. The van der Waals surface area contributed by atoms with Gasteiger partial charge in [-0.15, -0.1) is 0 Å². The van der Waals surface area contributed by atoms with Crippen LogP contribution in [-0.2, 0) is 22.4 Å². The Balaban J connectivity index is 1.56. The number of hydrogen-bond acceptors (Lipinski definition) is 5. The van der Waals surface area contributed by atoms with Crippen molar-refractivity contribution in [2.45, 2.75) is 32.3 Å². The molecule has 1 amide bonds. The van der Waals surface area contributed by atoms with Gasteiger partial charge in [-0.1, -0.05) is 41.6 Å². The number of aromatic nitrogens is 1. The number of ether oxygens (including phenoxy) is 1. The lowest BCUT2D eigenvalue weighted by atomic mass is 10.1. The molecule has 1 N–H and O–H groups in total. The highest BCUT2D eigenvalue weighted by molar-refractivity contribution is 5.97. The molecule has 1 heterocycles. The molecular weight excluding hydrogens is 356 g/mol. The normalized spacial score (nSPS) is 13.6. The lowest BCUT2D eigenvalue weighted by Crippen LogP contribution is -2.26. The van der Waals surface area contributed by atoms with Crippen molar-refractivity contribution in [3.63, 3.8) is 0 Å². The van der Waals surface area contributed by atoms with Gasteiger partial charge in [0.2, 0.25) is 6.10 Å². The van der Waals surface area contributed by atoms with E-state index in [2.05, 4.69) is 10.5 Å². The first-order valence-electron chi connectivity index (χ1n) is 9.22. The Morgan fingerprint density at radius 3 is 2.61 bits per heavy atom. The van der Waals surface area contributed by atoms with Gasteiger partial charge in [-0.25, -0.2) is 4.79 Å². The van der Waals surface area contributed by atoms with Crippen LogP contribution in [0.5, 0.6) is 0 Å². The summed E-state index contributed by atoms with van der Waals surface area (Å²) >= 11 is 0. The number of nitrogens with one attached hydrogen (secondary N) is 1. The highest BCUT2D eigenvalue weighted by Crippen LogP contribution is 2.25. The molecule has 0 radical (unpaired) electrons. The summed E-state index contributed by atoms with van der Waals surface area (Å²) in [6, 6.07) is 16.1. The summed E-state index contributed by atoms with van der Waals surface area (Å²) in [7, 11) is 0. The maximum absolute atomic E-state index is 12.8. The Morgan fingerprint density at radius 1 is 1.07 bits per heavy atom. The van der Waals surface area contributed by atoms with E-state index in [-0.39, 0.29) is 5.82 Å². The molecule has 1 aromatic heterocycles. The molecule has 0 saturated carbocycles. The summed E-state index contributed by atoms with van der Waals surface area (Å²) in [5, 5.41) is 6.40. The van der Waals surface area contributed by atoms with Gasteiger partial charge in [0.05, 0.1) is 5.56 Å². The molecule has 0 saturated heterocycles. The first kappa shape index (κ1) is 18.0. The van der Waals surface area contributed by atoms with Crippen LogP contribution in [0.25, 0.3) is 0 Å². The monoisotopic (exact) mass is 376 g/mol. The average molecular weight is 376 g/mol. The number of hydrogen-bond donors (Lipinski definition) is 1. The minimum Gasteiger partial charge on any atom is -0.444 e. The predicted octanol–water partition coefficient (Wildman–Crippen LogP) is 4.01. The van der Waals surface area contributed by atoms with Crippen LogP contribution in [0.2, 0.25) is 0 Å². The minimum atomic E-state index is -1.10. The summed E-state index contributed by atoms with van der Waals surface area (Å²) < 4.78 is 10.6. The second-order valence-electron chi connectivity index (χ2n) is 6.85. The molecule has 4 rings (SSSR count). The third-order valence-corrected chi connectivity index (χ3v) is 4.78. The van der Waals surface area contributed by atoms with Crippen LogP contribution in [0.1, 0.15) is 45.3 Å². The fourth-order valence-electron chi connectivity index (χ4n) is 3.39.